The van der Waals surface area contributed by atoms with Crippen LogP contribution in [0.2, 0.25) is 0 Å². The molecule has 1 N–H and O–H groups in total. The summed E-state index contributed by atoms with van der Waals surface area (Å²) in [5.41, 5.74) is 0. The predicted molar refractivity (Wildman–Crippen MR) is 91.4 cm³/mol. The Bertz CT molecular complexity index is 218. The third-order valence-electron chi connectivity index (χ3n) is 2.58. The Hall–Kier alpha value is -0.280. The summed E-state index contributed by atoms with van der Waals surface area (Å²) in [6.07, 6.45) is -0.322. The largest absolute Gasteiger partial charge is 0.394 e. The van der Waals surface area contributed by atoms with Crippen LogP contribution in [0.3, 0.4) is 0 Å². The van der Waals surface area contributed by atoms with Gasteiger partial charge in [0.1, 0.15) is 6.10 Å². The van der Waals surface area contributed by atoms with Crippen LogP contribution in [0.15, 0.2) is 0 Å². The Kier molecular flexibility index (Phi) is 18.8. The van der Waals surface area contributed by atoms with Gasteiger partial charge in [0, 0.05) is 0 Å². The molecule has 7 heteroatoms. The van der Waals surface area contributed by atoms with Crippen molar-refractivity contribution in [3.63, 3.8) is 0 Å². The first-order chi connectivity index (χ1) is 11.7. The summed E-state index contributed by atoms with van der Waals surface area (Å²) in [7, 11) is 0. The van der Waals surface area contributed by atoms with Crippen LogP contribution in [0.5, 0.6) is 0 Å². The molecule has 0 radical (unpaired) electrons. The van der Waals surface area contributed by atoms with Gasteiger partial charge in [-0.15, -0.1) is 0 Å². The highest BCUT2D eigenvalue weighted by molar-refractivity contribution is 4.53. The minimum Gasteiger partial charge on any atom is -0.394 e. The van der Waals surface area contributed by atoms with E-state index in [1.165, 1.54) is 0 Å². The van der Waals surface area contributed by atoms with E-state index in [0.29, 0.717) is 72.7 Å². The molecule has 1 aliphatic heterocycles. The van der Waals surface area contributed by atoms with E-state index in [1.54, 1.807) is 0 Å². The molecule has 7 nitrogen and oxygen atoms in total. The van der Waals surface area contributed by atoms with Crippen LogP contribution in [-0.2, 0) is 28.4 Å². The predicted octanol–water partition coefficient (Wildman–Crippen LogP) is 1.12. The minimum atomic E-state index is -0.322. The van der Waals surface area contributed by atoms with Gasteiger partial charge in [0.15, 0.2) is 0 Å². The number of hydrogen-bond acceptors (Lipinski definition) is 7. The fourth-order valence-corrected chi connectivity index (χ4v) is 1.52. The summed E-state index contributed by atoms with van der Waals surface area (Å²) in [6.45, 7) is 11.9. The van der Waals surface area contributed by atoms with Crippen LogP contribution in [-0.4, -0.2) is 90.5 Å². The van der Waals surface area contributed by atoms with Crippen molar-refractivity contribution in [2.24, 2.45) is 5.92 Å². The molecule has 0 aromatic rings. The van der Waals surface area contributed by atoms with E-state index in [1.807, 2.05) is 0 Å². The molecule has 1 rings (SSSR count). The van der Waals surface area contributed by atoms with Crippen molar-refractivity contribution >= 4 is 0 Å². The summed E-state index contributed by atoms with van der Waals surface area (Å²) in [6, 6.07) is 0. The van der Waals surface area contributed by atoms with Gasteiger partial charge >= 0.3 is 0 Å². The van der Waals surface area contributed by atoms with E-state index in [-0.39, 0.29) is 12.7 Å². The lowest BCUT2D eigenvalue weighted by Gasteiger charge is -2.16. The molecule has 1 fully saturated rings. The zero-order valence-electron chi connectivity index (χ0n) is 15.5. The van der Waals surface area contributed by atoms with Gasteiger partial charge in [-0.1, -0.05) is 20.8 Å². The second-order valence-corrected chi connectivity index (χ2v) is 5.93. The number of ether oxygens (including phenoxy) is 6. The van der Waals surface area contributed by atoms with Crippen molar-refractivity contribution in [1.29, 1.82) is 0 Å². The van der Waals surface area contributed by atoms with Crippen LogP contribution >= 0.6 is 0 Å². The smallest absolute Gasteiger partial charge is 0.104 e. The Labute approximate surface area is 146 Å². The van der Waals surface area contributed by atoms with Crippen molar-refractivity contribution in [3.05, 3.63) is 0 Å². The summed E-state index contributed by atoms with van der Waals surface area (Å²) in [4.78, 5) is 0. The van der Waals surface area contributed by atoms with E-state index in [2.05, 4.69) is 20.8 Å². The average Bonchev–Trinajstić information content (AvgIpc) is 2.54. The van der Waals surface area contributed by atoms with E-state index in [9.17, 15) is 0 Å². The van der Waals surface area contributed by atoms with Crippen LogP contribution in [0.4, 0.5) is 0 Å². The molecule has 0 bridgehead atoms. The Balaban J connectivity index is 0.00000118. The molecule has 1 atom stereocenters. The lowest BCUT2D eigenvalue weighted by atomic mass is 10.3. The molecule has 0 aromatic heterocycles. The number of aliphatic hydroxyl groups is 1. The van der Waals surface area contributed by atoms with Crippen LogP contribution in [0.25, 0.3) is 0 Å². The highest BCUT2D eigenvalue weighted by Gasteiger charge is 2.07. The maximum absolute atomic E-state index is 9.13. The molecule has 0 aromatic carbocycles. The summed E-state index contributed by atoms with van der Waals surface area (Å²) in [5.74, 6) is 0.833. The first-order valence-electron chi connectivity index (χ1n) is 8.78. The first-order valence-corrected chi connectivity index (χ1v) is 8.78. The van der Waals surface area contributed by atoms with Crippen LogP contribution in [0, 0.1) is 5.92 Å². The molecule has 146 valence electrons. The molecule has 0 spiro atoms. The average molecular weight is 352 g/mol. The molecule has 24 heavy (non-hydrogen) atoms. The normalized spacial score (nSPS) is 23.6. The monoisotopic (exact) mass is 352 g/mol. The van der Waals surface area contributed by atoms with E-state index in [0.717, 1.165) is 5.92 Å². The van der Waals surface area contributed by atoms with Gasteiger partial charge in [-0.25, -0.2) is 0 Å². The molecule has 1 saturated heterocycles. The Morgan fingerprint density at radius 2 is 1.00 bits per heavy atom. The van der Waals surface area contributed by atoms with Gasteiger partial charge in [-0.3, -0.25) is 0 Å². The number of rotatable bonds is 1. The maximum atomic E-state index is 9.13. The molecule has 1 aliphatic rings. The van der Waals surface area contributed by atoms with Crippen molar-refractivity contribution in [2.45, 2.75) is 26.9 Å². The summed E-state index contributed by atoms with van der Waals surface area (Å²) >= 11 is 0. The first kappa shape index (κ1) is 23.7. The van der Waals surface area contributed by atoms with Crippen molar-refractivity contribution in [2.75, 3.05) is 79.3 Å². The van der Waals surface area contributed by atoms with Crippen LogP contribution < -0.4 is 0 Å². The van der Waals surface area contributed by atoms with Crippen LogP contribution in [0.1, 0.15) is 20.8 Å². The Morgan fingerprint density at radius 3 is 1.38 bits per heavy atom. The third kappa shape index (κ3) is 19.8. The topological polar surface area (TPSA) is 75.6 Å². The molecule has 1 heterocycles. The lowest BCUT2D eigenvalue weighted by Crippen LogP contribution is -2.27. The standard InChI is InChI=1S/C13H26O7.C4H10/c14-11-13-12-19-8-7-17-4-3-15-1-2-16-5-6-18-9-10-20-13;1-4(2)3/h13-14H,1-12H2;4H,1-3H3. The van der Waals surface area contributed by atoms with Gasteiger partial charge in [-0.05, 0) is 5.92 Å². The highest BCUT2D eigenvalue weighted by atomic mass is 16.6. The van der Waals surface area contributed by atoms with E-state index >= 15 is 0 Å². The molecule has 0 amide bonds. The molecular formula is C17H36O7. The summed E-state index contributed by atoms with van der Waals surface area (Å²) < 4.78 is 32.1. The van der Waals surface area contributed by atoms with Crippen molar-refractivity contribution < 1.29 is 33.5 Å². The van der Waals surface area contributed by atoms with E-state index < -0.39 is 0 Å². The minimum absolute atomic E-state index is 0.0716. The fraction of sp³-hybridized carbons (Fsp3) is 1.00. The van der Waals surface area contributed by atoms with Gasteiger partial charge in [0.25, 0.3) is 0 Å². The fourth-order valence-electron chi connectivity index (χ4n) is 1.52. The van der Waals surface area contributed by atoms with Crippen molar-refractivity contribution in [1.82, 2.24) is 0 Å². The zero-order chi connectivity index (χ0) is 17.9. The second-order valence-electron chi connectivity index (χ2n) is 5.93. The highest BCUT2D eigenvalue weighted by Crippen LogP contribution is 1.94. The number of hydrogen-bond donors (Lipinski definition) is 1. The van der Waals surface area contributed by atoms with Gasteiger partial charge < -0.3 is 33.5 Å². The van der Waals surface area contributed by atoms with Crippen molar-refractivity contribution in [3.8, 4) is 0 Å². The quantitative estimate of drug-likeness (QED) is 0.758. The number of aliphatic hydroxyl groups excluding tert-OH is 1. The van der Waals surface area contributed by atoms with Gasteiger partial charge in [0.05, 0.1) is 79.3 Å². The van der Waals surface area contributed by atoms with Gasteiger partial charge in [-0.2, -0.15) is 0 Å². The molecule has 1 unspecified atom stereocenters. The SMILES string of the molecule is CC(C)C.OCC1COCCOCCOCCOCCOCCO1. The molecule has 0 aliphatic carbocycles. The maximum Gasteiger partial charge on any atom is 0.104 e. The van der Waals surface area contributed by atoms with Gasteiger partial charge in [0.2, 0.25) is 0 Å². The van der Waals surface area contributed by atoms with E-state index in [4.69, 9.17) is 33.5 Å². The second kappa shape index (κ2) is 19.1. The summed E-state index contributed by atoms with van der Waals surface area (Å²) in [5, 5.41) is 9.13. The zero-order valence-corrected chi connectivity index (χ0v) is 15.5. The molecule has 0 saturated carbocycles. The Morgan fingerprint density at radius 1 is 0.667 bits per heavy atom. The third-order valence-corrected chi connectivity index (χ3v) is 2.58. The molecular weight excluding hydrogens is 316 g/mol. The lowest BCUT2D eigenvalue weighted by molar-refractivity contribution is -0.0740.